The number of nitrogens with one attached hydrogen (secondary N) is 2. The molecule has 0 aromatic carbocycles. The zero-order valence-corrected chi connectivity index (χ0v) is 9.13. The lowest BCUT2D eigenvalue weighted by Crippen LogP contribution is -2.30. The van der Waals surface area contributed by atoms with Gasteiger partial charge in [-0.3, -0.25) is 5.10 Å². The zero-order valence-electron chi connectivity index (χ0n) is 9.13. The molecule has 1 aromatic heterocycles. The van der Waals surface area contributed by atoms with E-state index in [1.54, 1.807) is 0 Å². The number of aryl methyl sites for hydroxylation is 1. The predicted octanol–water partition coefficient (Wildman–Crippen LogP) is 1.23. The van der Waals surface area contributed by atoms with Crippen LogP contribution in [0.4, 0.5) is 0 Å². The zero-order chi connectivity index (χ0) is 10.4. The van der Waals surface area contributed by atoms with Crippen molar-refractivity contribution in [2.45, 2.75) is 33.4 Å². The van der Waals surface area contributed by atoms with Gasteiger partial charge in [0.05, 0.1) is 12.8 Å². The first-order chi connectivity index (χ1) is 6.74. The van der Waals surface area contributed by atoms with E-state index in [2.05, 4.69) is 22.4 Å². The first-order valence-corrected chi connectivity index (χ1v) is 5.04. The summed E-state index contributed by atoms with van der Waals surface area (Å²) >= 11 is 0. The smallest absolute Gasteiger partial charge is 0.0616 e. The van der Waals surface area contributed by atoms with Crippen LogP contribution in [0.5, 0.6) is 0 Å². The molecule has 0 aliphatic rings. The van der Waals surface area contributed by atoms with Gasteiger partial charge in [0.2, 0.25) is 0 Å². The second kappa shape index (κ2) is 5.78. The van der Waals surface area contributed by atoms with Crippen LogP contribution in [0.1, 0.15) is 25.1 Å². The monoisotopic (exact) mass is 197 g/mol. The highest BCUT2D eigenvalue weighted by Crippen LogP contribution is 2.01. The van der Waals surface area contributed by atoms with E-state index in [1.807, 2.05) is 20.0 Å². The van der Waals surface area contributed by atoms with Crippen molar-refractivity contribution in [3.05, 3.63) is 17.5 Å². The number of aromatic amines is 1. The van der Waals surface area contributed by atoms with Crippen molar-refractivity contribution in [3.8, 4) is 0 Å². The Morgan fingerprint density at radius 3 is 3.00 bits per heavy atom. The van der Waals surface area contributed by atoms with Gasteiger partial charge < -0.3 is 10.1 Å². The minimum atomic E-state index is 0.379. The number of nitrogens with zero attached hydrogens (tertiary/aromatic N) is 1. The van der Waals surface area contributed by atoms with Crippen LogP contribution < -0.4 is 5.32 Å². The van der Waals surface area contributed by atoms with Crippen molar-refractivity contribution in [1.82, 2.24) is 15.5 Å². The molecule has 1 unspecified atom stereocenters. The van der Waals surface area contributed by atoms with Gasteiger partial charge in [0.25, 0.3) is 0 Å². The van der Waals surface area contributed by atoms with E-state index in [-0.39, 0.29) is 0 Å². The summed E-state index contributed by atoms with van der Waals surface area (Å²) < 4.78 is 5.31. The molecule has 0 fully saturated rings. The third-order valence-electron chi connectivity index (χ3n) is 2.15. The summed E-state index contributed by atoms with van der Waals surface area (Å²) in [4.78, 5) is 0. The van der Waals surface area contributed by atoms with Gasteiger partial charge in [0.1, 0.15) is 0 Å². The van der Waals surface area contributed by atoms with Crippen molar-refractivity contribution in [3.63, 3.8) is 0 Å². The van der Waals surface area contributed by atoms with Crippen LogP contribution in [0.25, 0.3) is 0 Å². The highest BCUT2D eigenvalue weighted by Gasteiger charge is 2.03. The highest BCUT2D eigenvalue weighted by molar-refractivity contribution is 5.13. The Morgan fingerprint density at radius 1 is 1.64 bits per heavy atom. The lowest BCUT2D eigenvalue weighted by atomic mass is 10.2. The van der Waals surface area contributed by atoms with E-state index in [4.69, 9.17) is 4.74 Å². The summed E-state index contributed by atoms with van der Waals surface area (Å²) in [7, 11) is 0. The minimum absolute atomic E-state index is 0.379. The Morgan fingerprint density at radius 2 is 2.43 bits per heavy atom. The summed E-state index contributed by atoms with van der Waals surface area (Å²) in [5.74, 6) is 0. The van der Waals surface area contributed by atoms with Crippen molar-refractivity contribution in [2.24, 2.45) is 0 Å². The van der Waals surface area contributed by atoms with E-state index in [0.29, 0.717) is 6.04 Å². The molecular weight excluding hydrogens is 178 g/mol. The molecule has 0 aliphatic carbocycles. The molecule has 1 rings (SSSR count). The molecule has 0 saturated carbocycles. The lowest BCUT2D eigenvalue weighted by Gasteiger charge is -2.12. The van der Waals surface area contributed by atoms with Crippen LogP contribution in [0.3, 0.4) is 0 Å². The lowest BCUT2D eigenvalue weighted by molar-refractivity contribution is 0.127. The summed E-state index contributed by atoms with van der Waals surface area (Å²) in [6.07, 6.45) is 1.86. The molecule has 80 valence electrons. The summed E-state index contributed by atoms with van der Waals surface area (Å²) in [6, 6.07) is 0.379. The van der Waals surface area contributed by atoms with Crippen LogP contribution in [0, 0.1) is 6.92 Å². The first kappa shape index (κ1) is 11.2. The highest BCUT2D eigenvalue weighted by atomic mass is 16.5. The fourth-order valence-electron chi connectivity index (χ4n) is 1.19. The molecule has 4 nitrogen and oxygen atoms in total. The van der Waals surface area contributed by atoms with Crippen LogP contribution in [-0.4, -0.2) is 29.5 Å². The molecule has 2 N–H and O–H groups in total. The fraction of sp³-hybridized carbons (Fsp3) is 0.700. The number of aromatic nitrogens is 2. The second-order valence-electron chi connectivity index (χ2n) is 3.46. The Balaban J connectivity index is 2.23. The normalized spacial score (nSPS) is 13.1. The molecule has 1 atom stereocenters. The van der Waals surface area contributed by atoms with Gasteiger partial charge >= 0.3 is 0 Å². The molecule has 1 aromatic rings. The SMILES string of the molecule is CCOCC(C)NCc1cn[nH]c1C. The van der Waals surface area contributed by atoms with Gasteiger partial charge in [-0.1, -0.05) is 0 Å². The van der Waals surface area contributed by atoms with Crippen molar-refractivity contribution >= 4 is 0 Å². The molecule has 0 aliphatic heterocycles. The average Bonchev–Trinajstić information content (AvgIpc) is 2.58. The van der Waals surface area contributed by atoms with E-state index in [1.165, 1.54) is 5.56 Å². The molecular formula is C10H19N3O. The van der Waals surface area contributed by atoms with E-state index in [9.17, 15) is 0 Å². The standard InChI is InChI=1S/C10H19N3O/c1-4-14-7-8(2)11-5-10-6-12-13-9(10)3/h6,8,11H,4-5,7H2,1-3H3,(H,12,13). The molecule has 4 heteroatoms. The third kappa shape index (κ3) is 3.47. The van der Waals surface area contributed by atoms with Crippen molar-refractivity contribution < 1.29 is 4.74 Å². The summed E-state index contributed by atoms with van der Waals surface area (Å²) in [5, 5.41) is 10.3. The van der Waals surface area contributed by atoms with Crippen molar-refractivity contribution in [1.29, 1.82) is 0 Å². The first-order valence-electron chi connectivity index (χ1n) is 5.04. The van der Waals surface area contributed by atoms with Gasteiger partial charge in [-0.25, -0.2) is 0 Å². The van der Waals surface area contributed by atoms with Gasteiger partial charge in [-0.05, 0) is 20.8 Å². The molecule has 14 heavy (non-hydrogen) atoms. The van der Waals surface area contributed by atoms with Crippen LogP contribution in [0.15, 0.2) is 6.20 Å². The number of hydrogen-bond donors (Lipinski definition) is 2. The molecule has 1 heterocycles. The van der Waals surface area contributed by atoms with E-state index < -0.39 is 0 Å². The Kier molecular flexibility index (Phi) is 4.62. The molecule has 0 radical (unpaired) electrons. The number of ether oxygens (including phenoxy) is 1. The Hall–Kier alpha value is -0.870. The average molecular weight is 197 g/mol. The maximum Gasteiger partial charge on any atom is 0.0616 e. The molecule has 0 saturated heterocycles. The van der Waals surface area contributed by atoms with Gasteiger partial charge in [-0.15, -0.1) is 0 Å². The summed E-state index contributed by atoms with van der Waals surface area (Å²) in [6.45, 7) is 8.52. The summed E-state index contributed by atoms with van der Waals surface area (Å²) in [5.41, 5.74) is 2.34. The largest absolute Gasteiger partial charge is 0.380 e. The number of hydrogen-bond acceptors (Lipinski definition) is 3. The maximum absolute atomic E-state index is 5.31. The Labute approximate surface area is 85.0 Å². The van der Waals surface area contributed by atoms with Gasteiger partial charge in [0.15, 0.2) is 0 Å². The van der Waals surface area contributed by atoms with Crippen LogP contribution in [-0.2, 0) is 11.3 Å². The van der Waals surface area contributed by atoms with Crippen molar-refractivity contribution in [2.75, 3.05) is 13.2 Å². The number of H-pyrrole nitrogens is 1. The van der Waals surface area contributed by atoms with Gasteiger partial charge in [-0.2, -0.15) is 5.10 Å². The Bertz CT molecular complexity index is 260. The van der Waals surface area contributed by atoms with E-state index >= 15 is 0 Å². The molecule has 0 amide bonds. The third-order valence-corrected chi connectivity index (χ3v) is 2.15. The van der Waals surface area contributed by atoms with Crippen LogP contribution in [0.2, 0.25) is 0 Å². The molecule has 0 spiro atoms. The predicted molar refractivity (Wildman–Crippen MR) is 56.1 cm³/mol. The quantitative estimate of drug-likeness (QED) is 0.721. The fourth-order valence-corrected chi connectivity index (χ4v) is 1.19. The topological polar surface area (TPSA) is 49.9 Å². The minimum Gasteiger partial charge on any atom is -0.380 e. The van der Waals surface area contributed by atoms with Crippen LogP contribution >= 0.6 is 0 Å². The second-order valence-corrected chi connectivity index (χ2v) is 3.46. The maximum atomic E-state index is 5.31. The van der Waals surface area contributed by atoms with E-state index in [0.717, 1.165) is 25.5 Å². The van der Waals surface area contributed by atoms with Gasteiger partial charge in [0, 0.05) is 30.5 Å². The molecule has 0 bridgehead atoms. The number of rotatable bonds is 6.